The van der Waals surface area contributed by atoms with E-state index >= 15 is 0 Å². The van der Waals surface area contributed by atoms with E-state index in [2.05, 4.69) is 10.6 Å². The van der Waals surface area contributed by atoms with Crippen LogP contribution in [-0.2, 0) is 9.59 Å². The van der Waals surface area contributed by atoms with Gasteiger partial charge in [-0.05, 0) is 20.3 Å². The van der Waals surface area contributed by atoms with Crippen molar-refractivity contribution in [1.82, 2.24) is 15.5 Å². The number of hydrogen-bond acceptors (Lipinski definition) is 3. The summed E-state index contributed by atoms with van der Waals surface area (Å²) in [5.41, 5.74) is -0.552. The van der Waals surface area contributed by atoms with E-state index in [1.165, 1.54) is 0 Å². The summed E-state index contributed by atoms with van der Waals surface area (Å²) in [4.78, 5) is 25.1. The number of nitrogens with one attached hydrogen (secondary N) is 2. The minimum absolute atomic E-state index is 0.00889. The summed E-state index contributed by atoms with van der Waals surface area (Å²) in [6.45, 7) is 7.85. The zero-order valence-electron chi connectivity index (χ0n) is 10.3. The quantitative estimate of drug-likeness (QED) is 0.694. The van der Waals surface area contributed by atoms with Crippen molar-refractivity contribution in [2.75, 3.05) is 26.2 Å². The second kappa shape index (κ2) is 5.30. The Kier molecular flexibility index (Phi) is 4.29. The van der Waals surface area contributed by atoms with E-state index in [-0.39, 0.29) is 18.4 Å². The van der Waals surface area contributed by atoms with Crippen molar-refractivity contribution in [2.24, 2.45) is 0 Å². The molecule has 0 aromatic heterocycles. The van der Waals surface area contributed by atoms with Gasteiger partial charge in [-0.3, -0.25) is 9.59 Å². The Morgan fingerprint density at radius 3 is 2.88 bits per heavy atom. The third-order valence-electron chi connectivity index (χ3n) is 2.68. The summed E-state index contributed by atoms with van der Waals surface area (Å²) >= 11 is 0. The molecule has 2 N–H and O–H groups in total. The van der Waals surface area contributed by atoms with Crippen molar-refractivity contribution >= 4 is 11.8 Å². The molecule has 1 heterocycles. The second-order valence-corrected chi connectivity index (χ2v) is 4.63. The molecule has 16 heavy (non-hydrogen) atoms. The van der Waals surface area contributed by atoms with E-state index in [1.54, 1.807) is 4.90 Å². The average Bonchev–Trinajstić information content (AvgIpc) is 2.22. The van der Waals surface area contributed by atoms with Gasteiger partial charge in [0, 0.05) is 19.6 Å². The fraction of sp³-hybridized carbons (Fsp3) is 0.818. The van der Waals surface area contributed by atoms with E-state index in [9.17, 15) is 9.59 Å². The predicted molar refractivity (Wildman–Crippen MR) is 62.0 cm³/mol. The Morgan fingerprint density at radius 1 is 1.56 bits per heavy atom. The maximum atomic E-state index is 11.9. The van der Waals surface area contributed by atoms with Gasteiger partial charge in [-0.25, -0.2) is 0 Å². The van der Waals surface area contributed by atoms with Gasteiger partial charge < -0.3 is 15.5 Å². The first-order valence-corrected chi connectivity index (χ1v) is 5.78. The normalized spacial score (nSPS) is 19.7. The molecule has 0 aromatic rings. The van der Waals surface area contributed by atoms with E-state index in [0.29, 0.717) is 13.1 Å². The first kappa shape index (κ1) is 13.0. The van der Waals surface area contributed by atoms with Gasteiger partial charge in [-0.2, -0.15) is 0 Å². The summed E-state index contributed by atoms with van der Waals surface area (Å²) in [6.07, 6.45) is 0.909. The van der Waals surface area contributed by atoms with Crippen LogP contribution >= 0.6 is 0 Å². The molecule has 5 nitrogen and oxygen atoms in total. The lowest BCUT2D eigenvalue weighted by molar-refractivity contribution is -0.143. The minimum atomic E-state index is -0.552. The molecule has 1 aliphatic heterocycles. The van der Waals surface area contributed by atoms with Crippen molar-refractivity contribution < 1.29 is 9.59 Å². The van der Waals surface area contributed by atoms with E-state index in [0.717, 1.165) is 13.0 Å². The fourth-order valence-electron chi connectivity index (χ4n) is 1.72. The highest BCUT2D eigenvalue weighted by atomic mass is 16.2. The molecule has 1 rings (SSSR count). The molecule has 1 aliphatic rings. The molecule has 1 fully saturated rings. The number of amides is 2. The predicted octanol–water partition coefficient (Wildman–Crippen LogP) is -0.277. The Morgan fingerprint density at radius 2 is 2.25 bits per heavy atom. The molecule has 5 heteroatoms. The molecular formula is C11H21N3O2. The van der Waals surface area contributed by atoms with Gasteiger partial charge in [0.05, 0.1) is 12.1 Å². The molecular weight excluding hydrogens is 206 g/mol. The summed E-state index contributed by atoms with van der Waals surface area (Å²) in [6, 6.07) is 0. The third-order valence-corrected chi connectivity index (χ3v) is 2.68. The Hall–Kier alpha value is -1.10. The molecule has 0 atom stereocenters. The van der Waals surface area contributed by atoms with E-state index in [1.807, 2.05) is 20.8 Å². The fourth-order valence-corrected chi connectivity index (χ4v) is 1.72. The largest absolute Gasteiger partial charge is 0.355 e. The topological polar surface area (TPSA) is 61.4 Å². The van der Waals surface area contributed by atoms with Gasteiger partial charge in [0.1, 0.15) is 0 Å². The Labute approximate surface area is 96.6 Å². The Bertz CT molecular complexity index is 276. The van der Waals surface area contributed by atoms with Crippen molar-refractivity contribution in [2.45, 2.75) is 32.7 Å². The van der Waals surface area contributed by atoms with Gasteiger partial charge in [0.15, 0.2) is 0 Å². The number of carbonyl (C=O) groups excluding carboxylic acids is 2. The zero-order chi connectivity index (χ0) is 12.2. The number of hydrogen-bond donors (Lipinski definition) is 2. The lowest BCUT2D eigenvalue weighted by Gasteiger charge is -2.37. The summed E-state index contributed by atoms with van der Waals surface area (Å²) in [7, 11) is 0. The van der Waals surface area contributed by atoms with Crippen LogP contribution in [0.15, 0.2) is 0 Å². The van der Waals surface area contributed by atoms with Crippen LogP contribution < -0.4 is 10.6 Å². The molecule has 0 saturated carbocycles. The molecule has 92 valence electrons. The number of carbonyl (C=O) groups is 2. The van der Waals surface area contributed by atoms with Gasteiger partial charge in [-0.1, -0.05) is 6.92 Å². The van der Waals surface area contributed by atoms with Crippen LogP contribution in [0.1, 0.15) is 27.2 Å². The molecule has 1 saturated heterocycles. The van der Waals surface area contributed by atoms with Crippen molar-refractivity contribution in [1.29, 1.82) is 0 Å². The number of piperazine rings is 1. The van der Waals surface area contributed by atoms with Crippen LogP contribution in [0.2, 0.25) is 0 Å². The summed E-state index contributed by atoms with van der Waals surface area (Å²) < 4.78 is 0. The second-order valence-electron chi connectivity index (χ2n) is 4.63. The highest BCUT2D eigenvalue weighted by molar-refractivity contribution is 5.90. The van der Waals surface area contributed by atoms with Gasteiger partial charge in [-0.15, -0.1) is 0 Å². The monoisotopic (exact) mass is 227 g/mol. The van der Waals surface area contributed by atoms with Gasteiger partial charge in [0.2, 0.25) is 11.8 Å². The lowest BCUT2D eigenvalue weighted by Crippen LogP contribution is -2.62. The minimum Gasteiger partial charge on any atom is -0.355 e. The summed E-state index contributed by atoms with van der Waals surface area (Å²) in [5, 5.41) is 5.91. The van der Waals surface area contributed by atoms with Crippen LogP contribution in [0.4, 0.5) is 0 Å². The van der Waals surface area contributed by atoms with Gasteiger partial charge in [0.25, 0.3) is 0 Å². The first-order chi connectivity index (χ1) is 7.47. The molecule has 0 aliphatic carbocycles. The van der Waals surface area contributed by atoms with Crippen LogP contribution in [0.3, 0.4) is 0 Å². The average molecular weight is 227 g/mol. The van der Waals surface area contributed by atoms with Crippen LogP contribution in [0.5, 0.6) is 0 Å². The third kappa shape index (κ3) is 3.20. The molecule has 0 spiro atoms. The first-order valence-electron chi connectivity index (χ1n) is 5.78. The van der Waals surface area contributed by atoms with E-state index in [4.69, 9.17) is 0 Å². The number of nitrogens with zero attached hydrogens (tertiary/aromatic N) is 1. The standard InChI is InChI=1S/C11H21N3O2/c1-4-5-12-9(15)8-14-7-6-13-11(2,3)10(14)16/h13H,4-8H2,1-3H3,(H,12,15). The molecule has 0 aromatic carbocycles. The van der Waals surface area contributed by atoms with Crippen LogP contribution in [0.25, 0.3) is 0 Å². The van der Waals surface area contributed by atoms with Crippen molar-refractivity contribution in [3.63, 3.8) is 0 Å². The smallest absolute Gasteiger partial charge is 0.242 e. The SMILES string of the molecule is CCCNC(=O)CN1CCNC(C)(C)C1=O. The van der Waals surface area contributed by atoms with Crippen molar-refractivity contribution in [3.8, 4) is 0 Å². The van der Waals surface area contributed by atoms with Crippen molar-refractivity contribution in [3.05, 3.63) is 0 Å². The molecule has 0 bridgehead atoms. The van der Waals surface area contributed by atoms with Crippen LogP contribution in [-0.4, -0.2) is 48.4 Å². The molecule has 2 amide bonds. The maximum Gasteiger partial charge on any atom is 0.242 e. The highest BCUT2D eigenvalue weighted by Crippen LogP contribution is 2.11. The summed E-state index contributed by atoms with van der Waals surface area (Å²) in [5.74, 6) is -0.0849. The van der Waals surface area contributed by atoms with Crippen LogP contribution in [0, 0.1) is 0 Å². The molecule has 0 unspecified atom stereocenters. The maximum absolute atomic E-state index is 11.9. The van der Waals surface area contributed by atoms with E-state index < -0.39 is 5.54 Å². The highest BCUT2D eigenvalue weighted by Gasteiger charge is 2.35. The zero-order valence-corrected chi connectivity index (χ0v) is 10.3. The lowest BCUT2D eigenvalue weighted by atomic mass is 10.0. The Balaban J connectivity index is 2.47. The van der Waals surface area contributed by atoms with Gasteiger partial charge >= 0.3 is 0 Å². The molecule has 0 radical (unpaired) electrons. The number of rotatable bonds is 4.